The molecule has 1 N–H and O–H groups in total. The summed E-state index contributed by atoms with van der Waals surface area (Å²) in [6.45, 7) is 3.30. The zero-order valence-electron chi connectivity index (χ0n) is 12.8. The minimum absolute atomic E-state index is 0.0271. The molecule has 1 amide bonds. The summed E-state index contributed by atoms with van der Waals surface area (Å²) in [5.41, 5.74) is 0.702. The van der Waals surface area contributed by atoms with Crippen molar-refractivity contribution >= 4 is 22.8 Å². The van der Waals surface area contributed by atoms with Crippen LogP contribution in [0.25, 0.3) is 11.0 Å². The van der Waals surface area contributed by atoms with Gasteiger partial charge in [-0.3, -0.25) is 4.79 Å². The first-order valence-electron chi connectivity index (χ1n) is 7.05. The molecule has 0 spiro atoms. The lowest BCUT2D eigenvalue weighted by molar-refractivity contribution is -0.305. The van der Waals surface area contributed by atoms with Gasteiger partial charge in [-0.2, -0.15) is 0 Å². The number of carboxylic acid groups (broad SMARTS) is 1. The van der Waals surface area contributed by atoms with Gasteiger partial charge >= 0.3 is 5.63 Å². The van der Waals surface area contributed by atoms with Gasteiger partial charge in [0.1, 0.15) is 11.3 Å². The molecule has 0 bridgehead atoms. The number of ether oxygens (including phenoxy) is 1. The molecule has 7 heteroatoms. The van der Waals surface area contributed by atoms with Crippen LogP contribution in [0.15, 0.2) is 33.5 Å². The van der Waals surface area contributed by atoms with Gasteiger partial charge in [-0.25, -0.2) is 4.79 Å². The smallest absolute Gasteiger partial charge is 0.336 e. The lowest BCUT2D eigenvalue weighted by Gasteiger charge is -2.15. The third kappa shape index (κ3) is 4.32. The van der Waals surface area contributed by atoms with E-state index in [0.717, 1.165) is 10.9 Å². The van der Waals surface area contributed by atoms with Gasteiger partial charge in [0, 0.05) is 36.5 Å². The van der Waals surface area contributed by atoms with Crippen molar-refractivity contribution in [2.45, 2.75) is 26.4 Å². The Balaban J connectivity index is 2.07. The van der Waals surface area contributed by atoms with Crippen LogP contribution in [0.4, 0.5) is 0 Å². The summed E-state index contributed by atoms with van der Waals surface area (Å²) in [7, 11) is 0. The summed E-state index contributed by atoms with van der Waals surface area (Å²) in [6.07, 6.45) is -1.09. The molecular weight excluding hydrogens is 302 g/mol. The quantitative estimate of drug-likeness (QED) is 0.758. The number of carbonyl (C=O) groups excluding carboxylic acids is 2. The average molecular weight is 318 g/mol. The van der Waals surface area contributed by atoms with Gasteiger partial charge < -0.3 is 24.4 Å². The number of carboxylic acids is 1. The molecule has 1 aromatic heterocycles. The van der Waals surface area contributed by atoms with Crippen LogP contribution >= 0.6 is 0 Å². The molecule has 0 aliphatic carbocycles. The third-order valence-electron chi connectivity index (χ3n) is 3.23. The van der Waals surface area contributed by atoms with Gasteiger partial charge in [-0.05, 0) is 31.5 Å². The summed E-state index contributed by atoms with van der Waals surface area (Å²) in [5.74, 6) is -1.32. The molecule has 1 aromatic carbocycles. The van der Waals surface area contributed by atoms with E-state index in [4.69, 9.17) is 9.15 Å². The van der Waals surface area contributed by atoms with Crippen LogP contribution in [0.2, 0.25) is 0 Å². The predicted octanol–water partition coefficient (Wildman–Crippen LogP) is 0.125. The fourth-order valence-corrected chi connectivity index (χ4v) is 2.07. The van der Waals surface area contributed by atoms with Gasteiger partial charge in [-0.15, -0.1) is 0 Å². The number of hydrogen-bond acceptors (Lipinski definition) is 6. The highest BCUT2D eigenvalue weighted by Crippen LogP contribution is 2.22. The molecule has 23 heavy (non-hydrogen) atoms. The van der Waals surface area contributed by atoms with E-state index in [0.29, 0.717) is 11.3 Å². The van der Waals surface area contributed by atoms with E-state index in [1.54, 1.807) is 19.1 Å². The zero-order chi connectivity index (χ0) is 17.0. The van der Waals surface area contributed by atoms with Gasteiger partial charge in [0.25, 0.3) is 5.91 Å². The van der Waals surface area contributed by atoms with Crippen LogP contribution in [0, 0.1) is 6.92 Å². The Morgan fingerprint density at radius 2 is 2.09 bits per heavy atom. The highest BCUT2D eigenvalue weighted by atomic mass is 16.5. The number of rotatable bonds is 6. The molecular formula is C16H16NO6-. The van der Waals surface area contributed by atoms with E-state index < -0.39 is 23.6 Å². The maximum absolute atomic E-state index is 11.8. The van der Waals surface area contributed by atoms with Crippen molar-refractivity contribution in [3.8, 4) is 5.75 Å². The number of amides is 1. The topological polar surface area (TPSA) is 109 Å². The summed E-state index contributed by atoms with van der Waals surface area (Å²) >= 11 is 0. The molecule has 0 radical (unpaired) electrons. The molecule has 2 aromatic rings. The second-order valence-electron chi connectivity index (χ2n) is 5.08. The maximum atomic E-state index is 11.8. The normalized spacial score (nSPS) is 11.9. The van der Waals surface area contributed by atoms with E-state index in [1.165, 1.54) is 19.1 Å². The first-order chi connectivity index (χ1) is 10.9. The highest BCUT2D eigenvalue weighted by Gasteiger charge is 2.14. The van der Waals surface area contributed by atoms with Gasteiger partial charge in [0.2, 0.25) is 0 Å². The molecule has 122 valence electrons. The molecule has 0 fully saturated rings. The van der Waals surface area contributed by atoms with Crippen molar-refractivity contribution in [3.63, 3.8) is 0 Å². The molecule has 0 unspecified atom stereocenters. The minimum atomic E-state index is -1.24. The number of aryl methyl sites for hydroxylation is 1. The van der Waals surface area contributed by atoms with E-state index >= 15 is 0 Å². The highest BCUT2D eigenvalue weighted by molar-refractivity contribution is 5.83. The Kier molecular flexibility index (Phi) is 5.00. The molecule has 2 rings (SSSR count). The second kappa shape index (κ2) is 6.95. The van der Waals surface area contributed by atoms with Crippen LogP contribution in [-0.4, -0.2) is 24.5 Å². The monoisotopic (exact) mass is 318 g/mol. The molecule has 7 nitrogen and oxygen atoms in total. The van der Waals surface area contributed by atoms with Crippen LogP contribution in [0.5, 0.6) is 5.75 Å². The Morgan fingerprint density at radius 3 is 2.78 bits per heavy atom. The first kappa shape index (κ1) is 16.5. The largest absolute Gasteiger partial charge is 0.550 e. The van der Waals surface area contributed by atoms with Crippen molar-refractivity contribution < 1.29 is 23.8 Å². The van der Waals surface area contributed by atoms with Crippen LogP contribution in [-0.2, 0) is 9.59 Å². The SMILES string of the molecule is Cc1cc(=O)oc2cc(O[C@H](C)C(=O)NCCC(=O)[O-])ccc12. The maximum Gasteiger partial charge on any atom is 0.336 e. The fourth-order valence-electron chi connectivity index (χ4n) is 2.07. The molecule has 1 heterocycles. The van der Waals surface area contributed by atoms with Crippen LogP contribution in [0.1, 0.15) is 18.9 Å². The lowest BCUT2D eigenvalue weighted by Crippen LogP contribution is -2.38. The average Bonchev–Trinajstić information content (AvgIpc) is 2.46. The second-order valence-corrected chi connectivity index (χ2v) is 5.08. The number of benzene rings is 1. The molecule has 0 aliphatic heterocycles. The van der Waals surface area contributed by atoms with Crippen molar-refractivity contribution in [1.82, 2.24) is 5.32 Å². The Labute approximate surface area is 131 Å². The molecule has 1 atom stereocenters. The van der Waals surface area contributed by atoms with E-state index in [9.17, 15) is 19.5 Å². The fraction of sp³-hybridized carbons (Fsp3) is 0.312. The van der Waals surface area contributed by atoms with Crippen molar-refractivity contribution in [2.24, 2.45) is 0 Å². The van der Waals surface area contributed by atoms with Crippen LogP contribution < -0.4 is 20.8 Å². The predicted molar refractivity (Wildman–Crippen MR) is 79.9 cm³/mol. The van der Waals surface area contributed by atoms with E-state index in [2.05, 4.69) is 5.32 Å². The first-order valence-corrected chi connectivity index (χ1v) is 7.05. The number of carbonyl (C=O) groups is 2. The van der Waals surface area contributed by atoms with Crippen molar-refractivity contribution in [1.29, 1.82) is 0 Å². The Hall–Kier alpha value is -2.83. The van der Waals surface area contributed by atoms with Crippen molar-refractivity contribution in [3.05, 3.63) is 40.2 Å². The van der Waals surface area contributed by atoms with Gasteiger partial charge in [0.15, 0.2) is 6.10 Å². The molecule has 0 saturated carbocycles. The summed E-state index contributed by atoms with van der Waals surface area (Å²) < 4.78 is 10.6. The van der Waals surface area contributed by atoms with E-state index in [-0.39, 0.29) is 13.0 Å². The summed E-state index contributed by atoms with van der Waals surface area (Å²) in [5, 5.41) is 13.5. The number of fused-ring (bicyclic) bond motifs is 1. The minimum Gasteiger partial charge on any atom is -0.550 e. The Morgan fingerprint density at radius 1 is 1.35 bits per heavy atom. The van der Waals surface area contributed by atoms with Gasteiger partial charge in [-0.1, -0.05) is 0 Å². The number of nitrogens with one attached hydrogen (secondary N) is 1. The van der Waals surface area contributed by atoms with Crippen LogP contribution in [0.3, 0.4) is 0 Å². The van der Waals surface area contributed by atoms with Gasteiger partial charge in [0.05, 0.1) is 0 Å². The molecule has 0 saturated heterocycles. The molecule has 0 aliphatic rings. The summed E-state index contributed by atoms with van der Waals surface area (Å²) in [4.78, 5) is 33.5. The lowest BCUT2D eigenvalue weighted by atomic mass is 10.1. The summed E-state index contributed by atoms with van der Waals surface area (Å²) in [6, 6.07) is 6.34. The third-order valence-corrected chi connectivity index (χ3v) is 3.23. The number of hydrogen-bond donors (Lipinski definition) is 1. The van der Waals surface area contributed by atoms with E-state index in [1.807, 2.05) is 0 Å². The standard InChI is InChI=1S/C16H17NO6/c1-9-7-15(20)23-13-8-11(3-4-12(9)13)22-10(2)16(21)17-6-5-14(18)19/h3-4,7-8,10H,5-6H2,1-2H3,(H,17,21)(H,18,19)/p-1/t10-/m1/s1. The number of aliphatic carboxylic acids is 1. The van der Waals surface area contributed by atoms with Crippen molar-refractivity contribution in [2.75, 3.05) is 6.54 Å². The Bertz CT molecular complexity index is 795. The zero-order valence-corrected chi connectivity index (χ0v) is 12.8.